The highest BCUT2D eigenvalue weighted by molar-refractivity contribution is 9.10. The lowest BCUT2D eigenvalue weighted by Gasteiger charge is -2.09. The zero-order valence-corrected chi connectivity index (χ0v) is 12.4. The van der Waals surface area contributed by atoms with Crippen LogP contribution in [-0.4, -0.2) is 19.2 Å². The van der Waals surface area contributed by atoms with Crippen molar-refractivity contribution in [2.24, 2.45) is 0 Å². The van der Waals surface area contributed by atoms with Gasteiger partial charge < -0.3 is 15.4 Å². The van der Waals surface area contributed by atoms with Crippen LogP contribution in [0.15, 0.2) is 59.1 Å². The van der Waals surface area contributed by atoms with Crippen LogP contribution in [0.2, 0.25) is 0 Å². The Morgan fingerprint density at radius 1 is 1.05 bits per heavy atom. The van der Waals surface area contributed by atoms with Gasteiger partial charge in [-0.1, -0.05) is 34.1 Å². The predicted molar refractivity (Wildman–Crippen MR) is 83.1 cm³/mol. The maximum Gasteiger partial charge on any atom is 0.319 e. The molecule has 0 aromatic heterocycles. The Morgan fingerprint density at radius 2 is 1.75 bits per heavy atom. The lowest BCUT2D eigenvalue weighted by Crippen LogP contribution is -2.32. The molecule has 0 spiro atoms. The molecule has 0 saturated carbocycles. The molecule has 2 N–H and O–H groups in total. The van der Waals surface area contributed by atoms with Crippen LogP contribution in [0.4, 0.5) is 10.5 Å². The van der Waals surface area contributed by atoms with Crippen LogP contribution in [0, 0.1) is 0 Å². The van der Waals surface area contributed by atoms with Gasteiger partial charge in [0.25, 0.3) is 0 Å². The fourth-order valence-electron chi connectivity index (χ4n) is 1.56. The topological polar surface area (TPSA) is 50.4 Å². The summed E-state index contributed by atoms with van der Waals surface area (Å²) >= 11 is 3.36. The third-order valence-electron chi connectivity index (χ3n) is 2.50. The summed E-state index contributed by atoms with van der Waals surface area (Å²) in [6.07, 6.45) is 0. The minimum Gasteiger partial charge on any atom is -0.492 e. The summed E-state index contributed by atoms with van der Waals surface area (Å²) in [4.78, 5) is 11.6. The number of carbonyl (C=O) groups excluding carboxylic acids is 1. The maximum atomic E-state index is 11.6. The summed E-state index contributed by atoms with van der Waals surface area (Å²) in [7, 11) is 0. The standard InChI is InChI=1S/C15H15BrN2O2/c16-12-6-8-14(9-7-12)20-11-10-17-15(19)18-13-4-2-1-3-5-13/h1-9H,10-11H2,(H2,17,18,19). The zero-order valence-electron chi connectivity index (χ0n) is 10.8. The summed E-state index contributed by atoms with van der Waals surface area (Å²) in [6.45, 7) is 0.860. The van der Waals surface area contributed by atoms with Crippen molar-refractivity contribution < 1.29 is 9.53 Å². The molecule has 0 aliphatic heterocycles. The van der Waals surface area contributed by atoms with E-state index in [9.17, 15) is 4.79 Å². The largest absolute Gasteiger partial charge is 0.492 e. The number of urea groups is 1. The van der Waals surface area contributed by atoms with Gasteiger partial charge >= 0.3 is 6.03 Å². The lowest BCUT2D eigenvalue weighted by molar-refractivity contribution is 0.247. The molecule has 104 valence electrons. The lowest BCUT2D eigenvalue weighted by atomic mass is 10.3. The van der Waals surface area contributed by atoms with Crippen molar-refractivity contribution in [1.29, 1.82) is 0 Å². The number of carbonyl (C=O) groups is 1. The molecule has 5 heteroatoms. The Bertz CT molecular complexity index is 544. The van der Waals surface area contributed by atoms with Gasteiger partial charge in [-0.15, -0.1) is 0 Å². The van der Waals surface area contributed by atoms with E-state index in [1.165, 1.54) is 0 Å². The number of hydrogen-bond donors (Lipinski definition) is 2. The molecule has 0 unspecified atom stereocenters. The minimum atomic E-state index is -0.240. The van der Waals surface area contributed by atoms with Crippen LogP contribution in [0.1, 0.15) is 0 Å². The van der Waals surface area contributed by atoms with E-state index in [1.54, 1.807) is 0 Å². The van der Waals surface area contributed by atoms with Crippen LogP contribution < -0.4 is 15.4 Å². The van der Waals surface area contributed by atoms with Crippen LogP contribution in [0.5, 0.6) is 5.75 Å². The van der Waals surface area contributed by atoms with Gasteiger partial charge in [-0.05, 0) is 36.4 Å². The molecule has 4 nitrogen and oxygen atoms in total. The molecule has 0 aliphatic carbocycles. The van der Waals surface area contributed by atoms with Crippen LogP contribution in [-0.2, 0) is 0 Å². The van der Waals surface area contributed by atoms with E-state index in [0.717, 1.165) is 15.9 Å². The molecular formula is C15H15BrN2O2. The molecule has 0 radical (unpaired) electrons. The summed E-state index contributed by atoms with van der Waals surface area (Å²) < 4.78 is 6.50. The molecule has 2 aromatic carbocycles. The molecule has 0 atom stereocenters. The summed E-state index contributed by atoms with van der Waals surface area (Å²) in [5.41, 5.74) is 0.763. The highest BCUT2D eigenvalue weighted by Crippen LogP contribution is 2.15. The van der Waals surface area contributed by atoms with Gasteiger partial charge in [0.05, 0.1) is 6.54 Å². The monoisotopic (exact) mass is 334 g/mol. The second-order valence-corrected chi connectivity index (χ2v) is 4.96. The molecule has 0 fully saturated rings. The van der Waals surface area contributed by atoms with Gasteiger partial charge in [-0.3, -0.25) is 0 Å². The number of benzene rings is 2. The molecule has 2 amide bonds. The Morgan fingerprint density at radius 3 is 2.45 bits per heavy atom. The normalized spacial score (nSPS) is 9.85. The van der Waals surface area contributed by atoms with E-state index in [2.05, 4.69) is 26.6 Å². The maximum absolute atomic E-state index is 11.6. The highest BCUT2D eigenvalue weighted by atomic mass is 79.9. The van der Waals surface area contributed by atoms with E-state index in [4.69, 9.17) is 4.74 Å². The quantitative estimate of drug-likeness (QED) is 0.820. The zero-order chi connectivity index (χ0) is 14.2. The number of para-hydroxylation sites is 1. The first-order valence-electron chi connectivity index (χ1n) is 6.22. The second-order valence-electron chi connectivity index (χ2n) is 4.05. The van der Waals surface area contributed by atoms with Crippen molar-refractivity contribution in [3.8, 4) is 5.75 Å². The number of rotatable bonds is 5. The predicted octanol–water partition coefficient (Wildman–Crippen LogP) is 3.65. The van der Waals surface area contributed by atoms with Crippen LogP contribution >= 0.6 is 15.9 Å². The van der Waals surface area contributed by atoms with Crippen LogP contribution in [0.3, 0.4) is 0 Å². The third-order valence-corrected chi connectivity index (χ3v) is 3.03. The minimum absolute atomic E-state index is 0.240. The van der Waals surface area contributed by atoms with Crippen molar-refractivity contribution in [2.75, 3.05) is 18.5 Å². The van der Waals surface area contributed by atoms with Gasteiger partial charge in [-0.25, -0.2) is 4.79 Å². The van der Waals surface area contributed by atoms with Gasteiger partial charge in [0.15, 0.2) is 0 Å². The molecule has 20 heavy (non-hydrogen) atoms. The second kappa shape index (κ2) is 7.55. The SMILES string of the molecule is O=C(NCCOc1ccc(Br)cc1)Nc1ccccc1. The van der Waals surface area contributed by atoms with Crippen molar-refractivity contribution in [2.45, 2.75) is 0 Å². The van der Waals surface area contributed by atoms with E-state index < -0.39 is 0 Å². The fourth-order valence-corrected chi connectivity index (χ4v) is 1.83. The van der Waals surface area contributed by atoms with Crippen molar-refractivity contribution in [3.05, 3.63) is 59.1 Å². The van der Waals surface area contributed by atoms with Crippen molar-refractivity contribution in [1.82, 2.24) is 5.32 Å². The van der Waals surface area contributed by atoms with Gasteiger partial charge in [0, 0.05) is 10.2 Å². The van der Waals surface area contributed by atoms with E-state index >= 15 is 0 Å². The highest BCUT2D eigenvalue weighted by Gasteiger charge is 2.00. The molecule has 0 heterocycles. The Labute approximate surface area is 126 Å². The average Bonchev–Trinajstić information content (AvgIpc) is 2.46. The first kappa shape index (κ1) is 14.4. The Hall–Kier alpha value is -2.01. The van der Waals surface area contributed by atoms with Gasteiger partial charge in [0.1, 0.15) is 12.4 Å². The van der Waals surface area contributed by atoms with E-state index in [-0.39, 0.29) is 6.03 Å². The Kier molecular flexibility index (Phi) is 5.43. The molecule has 2 aromatic rings. The van der Waals surface area contributed by atoms with Crippen molar-refractivity contribution in [3.63, 3.8) is 0 Å². The molecular weight excluding hydrogens is 320 g/mol. The summed E-state index contributed by atoms with van der Waals surface area (Å²) in [5.74, 6) is 0.776. The average molecular weight is 335 g/mol. The summed E-state index contributed by atoms with van der Waals surface area (Å²) in [6, 6.07) is 16.6. The van der Waals surface area contributed by atoms with Gasteiger partial charge in [0.2, 0.25) is 0 Å². The molecule has 0 aliphatic rings. The van der Waals surface area contributed by atoms with Gasteiger partial charge in [-0.2, -0.15) is 0 Å². The molecule has 0 saturated heterocycles. The van der Waals surface area contributed by atoms with E-state index in [1.807, 2.05) is 54.6 Å². The fraction of sp³-hybridized carbons (Fsp3) is 0.133. The number of halogens is 1. The number of nitrogens with one attached hydrogen (secondary N) is 2. The molecule has 2 rings (SSSR count). The number of amides is 2. The number of anilines is 1. The molecule has 0 bridgehead atoms. The first-order chi connectivity index (χ1) is 9.74. The smallest absolute Gasteiger partial charge is 0.319 e. The van der Waals surface area contributed by atoms with E-state index in [0.29, 0.717) is 13.2 Å². The van der Waals surface area contributed by atoms with Crippen LogP contribution in [0.25, 0.3) is 0 Å². The first-order valence-corrected chi connectivity index (χ1v) is 7.01. The van der Waals surface area contributed by atoms with Crippen molar-refractivity contribution >= 4 is 27.6 Å². The Balaban J connectivity index is 1.66. The third kappa shape index (κ3) is 4.93. The summed E-state index contributed by atoms with van der Waals surface area (Å²) in [5, 5.41) is 5.46. The number of hydrogen-bond acceptors (Lipinski definition) is 2. The number of ether oxygens (including phenoxy) is 1.